The Morgan fingerprint density at radius 1 is 1.18 bits per heavy atom. The molecular weight excluding hydrogens is 292 g/mol. The minimum atomic E-state index is -0.880. The van der Waals surface area contributed by atoms with Crippen molar-refractivity contribution in [1.29, 1.82) is 0 Å². The quantitative estimate of drug-likeness (QED) is 0.369. The molecule has 0 aromatic carbocycles. The smallest absolute Gasteiger partial charge is 0.180 e. The molecule has 1 atom stereocenters. The Kier molecular flexibility index (Phi) is 7.43. The van der Waals surface area contributed by atoms with Crippen LogP contribution >= 0.6 is 15.9 Å². The van der Waals surface area contributed by atoms with Gasteiger partial charge in [-0.25, -0.2) is 0 Å². The van der Waals surface area contributed by atoms with Crippen LogP contribution in [0.25, 0.3) is 0 Å². The number of ether oxygens (including phenoxy) is 4. The zero-order chi connectivity index (χ0) is 13.5. The Morgan fingerprint density at radius 3 is 2.00 bits per heavy atom. The van der Waals surface area contributed by atoms with Crippen molar-refractivity contribution in [1.82, 2.24) is 0 Å². The van der Waals surface area contributed by atoms with Gasteiger partial charge in [-0.3, -0.25) is 0 Å². The van der Waals surface area contributed by atoms with Gasteiger partial charge >= 0.3 is 0 Å². The van der Waals surface area contributed by atoms with Crippen molar-refractivity contribution in [3.63, 3.8) is 0 Å². The Labute approximate surface area is 111 Å². The molecule has 0 rings (SSSR count). The lowest BCUT2D eigenvalue weighted by Crippen LogP contribution is -2.43. The number of carbonyl (C=O) groups is 1. The van der Waals surface area contributed by atoms with E-state index in [9.17, 15) is 4.79 Å². The number of hydrogen-bond acceptors (Lipinski definition) is 5. The third-order valence-electron chi connectivity index (χ3n) is 2.54. The highest BCUT2D eigenvalue weighted by Crippen LogP contribution is 2.24. The van der Waals surface area contributed by atoms with Crippen molar-refractivity contribution in [3.05, 3.63) is 0 Å². The van der Waals surface area contributed by atoms with E-state index in [2.05, 4.69) is 15.9 Å². The molecule has 0 aliphatic carbocycles. The predicted molar refractivity (Wildman–Crippen MR) is 67.2 cm³/mol. The van der Waals surface area contributed by atoms with Gasteiger partial charge in [0.25, 0.3) is 0 Å². The van der Waals surface area contributed by atoms with Crippen LogP contribution in [-0.2, 0) is 23.7 Å². The molecule has 5 nitrogen and oxygen atoms in total. The molecule has 0 saturated heterocycles. The van der Waals surface area contributed by atoms with Crippen molar-refractivity contribution < 1.29 is 23.7 Å². The van der Waals surface area contributed by atoms with Crippen molar-refractivity contribution >= 4 is 22.2 Å². The van der Waals surface area contributed by atoms with Gasteiger partial charge in [-0.15, -0.1) is 0 Å². The SMILES string of the molecule is COC(C)(C)OC(C=O)CC(CBr)(OC)OC. The Morgan fingerprint density at radius 2 is 1.71 bits per heavy atom. The maximum Gasteiger partial charge on any atom is 0.180 e. The van der Waals surface area contributed by atoms with Crippen molar-refractivity contribution in [2.24, 2.45) is 0 Å². The van der Waals surface area contributed by atoms with Gasteiger partial charge in [0.1, 0.15) is 12.4 Å². The lowest BCUT2D eigenvalue weighted by molar-refractivity contribution is -0.250. The fourth-order valence-corrected chi connectivity index (χ4v) is 1.94. The summed E-state index contributed by atoms with van der Waals surface area (Å²) in [4.78, 5) is 11.0. The second-order valence-electron chi connectivity index (χ2n) is 4.05. The van der Waals surface area contributed by atoms with Gasteiger partial charge in [0.15, 0.2) is 11.6 Å². The number of carbonyl (C=O) groups excluding carboxylic acids is 1. The monoisotopic (exact) mass is 312 g/mol. The average molecular weight is 313 g/mol. The molecule has 0 aromatic heterocycles. The van der Waals surface area contributed by atoms with Crippen LogP contribution in [0.5, 0.6) is 0 Å². The first-order valence-corrected chi connectivity index (χ1v) is 6.35. The van der Waals surface area contributed by atoms with Gasteiger partial charge in [0.2, 0.25) is 0 Å². The summed E-state index contributed by atoms with van der Waals surface area (Å²) >= 11 is 3.30. The van der Waals surface area contributed by atoms with E-state index in [0.717, 1.165) is 6.29 Å². The van der Waals surface area contributed by atoms with Crippen molar-refractivity contribution in [2.75, 3.05) is 26.7 Å². The number of halogens is 1. The molecule has 102 valence electrons. The van der Waals surface area contributed by atoms with Crippen LogP contribution in [0.4, 0.5) is 0 Å². The van der Waals surface area contributed by atoms with Gasteiger partial charge in [-0.05, 0) is 13.8 Å². The number of aldehydes is 1. The summed E-state index contributed by atoms with van der Waals surface area (Å²) in [6.45, 7) is 3.47. The number of rotatable bonds is 9. The van der Waals surface area contributed by atoms with Crippen LogP contribution < -0.4 is 0 Å². The molecule has 6 heteroatoms. The van der Waals surface area contributed by atoms with E-state index >= 15 is 0 Å². The maximum absolute atomic E-state index is 11.0. The van der Waals surface area contributed by atoms with E-state index in [1.165, 1.54) is 21.3 Å². The van der Waals surface area contributed by atoms with Crippen LogP contribution in [0.2, 0.25) is 0 Å². The number of methoxy groups -OCH3 is 3. The lowest BCUT2D eigenvalue weighted by Gasteiger charge is -2.34. The van der Waals surface area contributed by atoms with Crippen LogP contribution in [-0.4, -0.2) is 50.6 Å². The third-order valence-corrected chi connectivity index (χ3v) is 3.39. The average Bonchev–Trinajstić information content (AvgIpc) is 2.34. The fraction of sp³-hybridized carbons (Fsp3) is 0.909. The molecule has 0 bridgehead atoms. The molecule has 0 radical (unpaired) electrons. The third kappa shape index (κ3) is 5.44. The molecule has 1 unspecified atom stereocenters. The second-order valence-corrected chi connectivity index (χ2v) is 4.61. The molecule has 0 aliphatic heterocycles. The summed E-state index contributed by atoms with van der Waals surface area (Å²) < 4.78 is 21.2. The molecule has 0 aromatic rings. The van der Waals surface area contributed by atoms with Crippen LogP contribution in [0.3, 0.4) is 0 Å². The molecule has 0 amide bonds. The molecule has 0 fully saturated rings. The molecule has 17 heavy (non-hydrogen) atoms. The van der Waals surface area contributed by atoms with Gasteiger partial charge in [0, 0.05) is 27.8 Å². The summed E-state index contributed by atoms with van der Waals surface area (Å²) in [5.74, 6) is -1.71. The number of hydrogen-bond donors (Lipinski definition) is 0. The summed E-state index contributed by atoms with van der Waals surface area (Å²) in [5.41, 5.74) is 0. The Balaban J connectivity index is 4.63. The Hall–Kier alpha value is -0.0100. The zero-order valence-electron chi connectivity index (χ0n) is 11.0. The van der Waals surface area contributed by atoms with E-state index < -0.39 is 17.7 Å². The van der Waals surface area contributed by atoms with Crippen molar-refractivity contribution in [2.45, 2.75) is 37.9 Å². The maximum atomic E-state index is 11.0. The molecular formula is C11H21BrO5. The predicted octanol–water partition coefficient (Wildman–Crippen LogP) is 1.73. The van der Waals surface area contributed by atoms with E-state index in [-0.39, 0.29) is 6.42 Å². The molecule has 0 spiro atoms. The van der Waals surface area contributed by atoms with Crippen LogP contribution in [0, 0.1) is 0 Å². The molecule has 0 saturated carbocycles. The second kappa shape index (κ2) is 7.43. The summed E-state index contributed by atoms with van der Waals surface area (Å²) in [5, 5.41) is 0.439. The van der Waals surface area contributed by atoms with Gasteiger partial charge in [-0.2, -0.15) is 0 Å². The highest BCUT2D eigenvalue weighted by Gasteiger charge is 2.35. The standard InChI is InChI=1S/C11H21BrO5/c1-10(2,14-3)17-9(7-13)6-11(8-12,15-4)16-5/h7,9H,6,8H2,1-5H3. The molecule has 0 heterocycles. The van der Waals surface area contributed by atoms with Crippen molar-refractivity contribution in [3.8, 4) is 0 Å². The highest BCUT2D eigenvalue weighted by molar-refractivity contribution is 9.09. The van der Waals surface area contributed by atoms with E-state index in [4.69, 9.17) is 18.9 Å². The van der Waals surface area contributed by atoms with Gasteiger partial charge in [0.05, 0.1) is 5.33 Å². The minimum Gasteiger partial charge on any atom is -0.354 e. The summed E-state index contributed by atoms with van der Waals surface area (Å²) in [6, 6.07) is 0. The van der Waals surface area contributed by atoms with E-state index in [1.54, 1.807) is 13.8 Å². The summed E-state index contributed by atoms with van der Waals surface area (Å²) in [6.07, 6.45) is 0.333. The van der Waals surface area contributed by atoms with Gasteiger partial charge < -0.3 is 23.7 Å². The zero-order valence-corrected chi connectivity index (χ0v) is 12.6. The first-order chi connectivity index (χ1) is 7.88. The molecule has 0 N–H and O–H groups in total. The largest absolute Gasteiger partial charge is 0.354 e. The van der Waals surface area contributed by atoms with Crippen LogP contribution in [0.1, 0.15) is 20.3 Å². The highest BCUT2D eigenvalue weighted by atomic mass is 79.9. The van der Waals surface area contributed by atoms with E-state index in [0.29, 0.717) is 5.33 Å². The minimum absolute atomic E-state index is 0.279. The first kappa shape index (κ1) is 17.0. The van der Waals surface area contributed by atoms with Crippen LogP contribution in [0.15, 0.2) is 0 Å². The lowest BCUT2D eigenvalue weighted by atomic mass is 10.1. The normalized spacial score (nSPS) is 14.7. The van der Waals surface area contributed by atoms with E-state index in [1.807, 2.05) is 0 Å². The topological polar surface area (TPSA) is 54.0 Å². The fourth-order valence-electron chi connectivity index (χ4n) is 1.25. The van der Waals surface area contributed by atoms with Gasteiger partial charge in [-0.1, -0.05) is 15.9 Å². The number of alkyl halides is 1. The molecule has 0 aliphatic rings. The first-order valence-electron chi connectivity index (χ1n) is 5.23. The summed E-state index contributed by atoms with van der Waals surface area (Å²) in [7, 11) is 4.56. The Bertz CT molecular complexity index is 220.